The molecule has 4 rings (SSSR count). The summed E-state index contributed by atoms with van der Waals surface area (Å²) in [6.45, 7) is -0.590. The summed E-state index contributed by atoms with van der Waals surface area (Å²) in [5.41, 5.74) is 17.3. The smallest absolute Gasteiger partial charge is 0.407 e. The maximum absolute atomic E-state index is 12.7. The van der Waals surface area contributed by atoms with Crippen LogP contribution in [0.25, 0.3) is 21.6 Å². The molecule has 218 valence electrons. The van der Waals surface area contributed by atoms with Crippen molar-refractivity contribution < 1.29 is 34.1 Å². The molecule has 1 aliphatic carbocycles. The van der Waals surface area contributed by atoms with Crippen molar-refractivity contribution in [3.8, 4) is 11.1 Å². The Morgan fingerprint density at radius 3 is 2.37 bits per heavy atom. The number of benzene rings is 2. The number of aliphatic hydroxyl groups is 2. The molecular formula is C27H32N6O7S. The Bertz CT molecular complexity index is 1260. The third kappa shape index (κ3) is 7.48. The number of nitrogens with two attached hydrogens (primary N) is 1. The molecule has 0 unspecified atom stereocenters. The van der Waals surface area contributed by atoms with Gasteiger partial charge in [0.15, 0.2) is 0 Å². The standard InChI is InChI=1S/C27H32N6O7S/c28-21(34)10-5-11-41-26-23(25(37)24(36)20(40-26)12-31-33-29)32-22(35)13-30-27(38)39-14-19-17-8-3-1-6-15(17)16-7-2-4-9-18(16)19/h1-4,6-9,19-20,23-26,36-37H,5,10-14H2,(H2,28,34)(H,30,38)(H,32,35)/t20-,23-,24+,25-,26-/m1/s1. The van der Waals surface area contributed by atoms with E-state index in [0.29, 0.717) is 12.2 Å². The van der Waals surface area contributed by atoms with Crippen molar-refractivity contribution >= 4 is 29.7 Å². The molecule has 0 bridgehead atoms. The Hall–Kier alpha value is -3.81. The van der Waals surface area contributed by atoms with Gasteiger partial charge in [-0.1, -0.05) is 53.6 Å². The Morgan fingerprint density at radius 2 is 1.73 bits per heavy atom. The molecule has 5 atom stereocenters. The lowest BCUT2D eigenvalue weighted by Crippen LogP contribution is -2.63. The number of aliphatic hydroxyl groups excluding tert-OH is 2. The van der Waals surface area contributed by atoms with E-state index < -0.39 is 54.2 Å². The normalized spacial score (nSPS) is 23.0. The molecule has 0 spiro atoms. The molecule has 14 heteroatoms. The molecule has 0 saturated carbocycles. The fourth-order valence-electron chi connectivity index (χ4n) is 4.98. The second-order valence-electron chi connectivity index (χ2n) is 9.65. The van der Waals surface area contributed by atoms with Gasteiger partial charge in [-0.3, -0.25) is 9.59 Å². The van der Waals surface area contributed by atoms with Crippen LogP contribution in [0.2, 0.25) is 0 Å². The van der Waals surface area contributed by atoms with Gasteiger partial charge < -0.3 is 36.1 Å². The second kappa shape index (κ2) is 14.2. The van der Waals surface area contributed by atoms with Gasteiger partial charge in [0.2, 0.25) is 11.8 Å². The molecule has 1 saturated heterocycles. The summed E-state index contributed by atoms with van der Waals surface area (Å²) in [6, 6.07) is 14.8. The van der Waals surface area contributed by atoms with Crippen LogP contribution < -0.4 is 16.4 Å². The van der Waals surface area contributed by atoms with Gasteiger partial charge in [-0.25, -0.2) is 4.79 Å². The molecule has 3 amide bonds. The van der Waals surface area contributed by atoms with Crippen LogP contribution in [0.4, 0.5) is 4.79 Å². The highest BCUT2D eigenvalue weighted by Crippen LogP contribution is 2.44. The van der Waals surface area contributed by atoms with Crippen molar-refractivity contribution in [1.82, 2.24) is 10.6 Å². The minimum absolute atomic E-state index is 0.0828. The molecule has 0 aromatic heterocycles. The van der Waals surface area contributed by atoms with E-state index in [1.165, 1.54) is 11.8 Å². The number of azide groups is 1. The Kier molecular flexibility index (Phi) is 10.4. The number of nitrogens with one attached hydrogen (secondary N) is 2. The van der Waals surface area contributed by atoms with Crippen LogP contribution in [0.1, 0.15) is 29.9 Å². The summed E-state index contributed by atoms with van der Waals surface area (Å²) in [5.74, 6) is -0.830. The fourth-order valence-corrected chi connectivity index (χ4v) is 6.18. The summed E-state index contributed by atoms with van der Waals surface area (Å²) in [6.07, 6.45) is -4.09. The number of carbonyl (C=O) groups excluding carboxylic acids is 3. The third-order valence-corrected chi connectivity index (χ3v) is 8.20. The van der Waals surface area contributed by atoms with E-state index in [-0.39, 0.29) is 25.5 Å². The monoisotopic (exact) mass is 584 g/mol. The first kappa shape index (κ1) is 30.2. The number of alkyl carbamates (subject to hydrolysis) is 1. The number of nitrogens with zero attached hydrogens (tertiary/aromatic N) is 3. The first-order chi connectivity index (χ1) is 19.8. The van der Waals surface area contributed by atoms with Crippen LogP contribution in [-0.2, 0) is 19.1 Å². The lowest BCUT2D eigenvalue weighted by atomic mass is 9.97. The minimum Gasteiger partial charge on any atom is -0.449 e. The fraction of sp³-hybridized carbons (Fsp3) is 0.444. The highest BCUT2D eigenvalue weighted by Gasteiger charge is 2.45. The second-order valence-corrected chi connectivity index (χ2v) is 10.9. The van der Waals surface area contributed by atoms with E-state index in [0.717, 1.165) is 22.3 Å². The molecule has 6 N–H and O–H groups in total. The zero-order chi connectivity index (χ0) is 29.4. The minimum atomic E-state index is -1.45. The highest BCUT2D eigenvalue weighted by molar-refractivity contribution is 7.99. The lowest BCUT2D eigenvalue weighted by molar-refractivity contribution is -0.160. The summed E-state index contributed by atoms with van der Waals surface area (Å²) < 4.78 is 11.3. The average molecular weight is 585 g/mol. The largest absolute Gasteiger partial charge is 0.449 e. The maximum atomic E-state index is 12.7. The first-order valence-electron chi connectivity index (χ1n) is 13.1. The Morgan fingerprint density at radius 1 is 1.07 bits per heavy atom. The highest BCUT2D eigenvalue weighted by atomic mass is 32.2. The molecule has 1 heterocycles. The Balaban J connectivity index is 1.31. The average Bonchev–Trinajstić information content (AvgIpc) is 3.29. The van der Waals surface area contributed by atoms with E-state index in [4.69, 9.17) is 20.7 Å². The van der Waals surface area contributed by atoms with Gasteiger partial charge in [0.25, 0.3) is 0 Å². The third-order valence-electron chi connectivity index (χ3n) is 6.94. The van der Waals surface area contributed by atoms with Gasteiger partial charge in [0.05, 0.1) is 18.7 Å². The van der Waals surface area contributed by atoms with Crippen LogP contribution in [0, 0.1) is 0 Å². The van der Waals surface area contributed by atoms with Gasteiger partial charge in [0, 0.05) is 17.3 Å². The van der Waals surface area contributed by atoms with Crippen molar-refractivity contribution in [2.75, 3.05) is 25.4 Å². The van der Waals surface area contributed by atoms with E-state index >= 15 is 0 Å². The van der Waals surface area contributed by atoms with Gasteiger partial charge >= 0.3 is 6.09 Å². The number of primary amides is 1. The van der Waals surface area contributed by atoms with Crippen molar-refractivity contribution in [2.24, 2.45) is 10.8 Å². The molecule has 0 radical (unpaired) electrons. The topological polar surface area (TPSA) is 209 Å². The van der Waals surface area contributed by atoms with Crippen molar-refractivity contribution in [3.63, 3.8) is 0 Å². The summed E-state index contributed by atoms with van der Waals surface area (Å²) in [5, 5.41) is 29.6. The summed E-state index contributed by atoms with van der Waals surface area (Å²) in [7, 11) is 0. The first-order valence-corrected chi connectivity index (χ1v) is 14.2. The molecule has 41 heavy (non-hydrogen) atoms. The SMILES string of the molecule is [N-]=[N+]=NC[C@H]1O[C@H](SCCCC(N)=O)[C@H](NC(=O)CNC(=O)OCC2c3ccccc3-c3ccccc32)[C@@H](O)[C@H]1O. The van der Waals surface area contributed by atoms with Crippen molar-refractivity contribution in [1.29, 1.82) is 0 Å². The number of rotatable bonds is 12. The molecule has 2 aliphatic rings. The molecule has 2 aromatic carbocycles. The van der Waals surface area contributed by atoms with Gasteiger partial charge in [-0.2, -0.15) is 0 Å². The molecular weight excluding hydrogens is 552 g/mol. The number of ether oxygens (including phenoxy) is 2. The Labute approximate surface area is 240 Å². The number of amides is 3. The van der Waals surface area contributed by atoms with Gasteiger partial charge in [-0.15, -0.1) is 11.8 Å². The maximum Gasteiger partial charge on any atom is 0.407 e. The number of carbonyl (C=O) groups is 3. The van der Waals surface area contributed by atoms with E-state index in [9.17, 15) is 24.6 Å². The van der Waals surface area contributed by atoms with E-state index in [1.807, 2.05) is 48.5 Å². The predicted molar refractivity (Wildman–Crippen MR) is 151 cm³/mol. The number of fused-ring (bicyclic) bond motifs is 3. The number of hydrogen-bond donors (Lipinski definition) is 5. The summed E-state index contributed by atoms with van der Waals surface area (Å²) >= 11 is 1.21. The number of hydrogen-bond acceptors (Lipinski definition) is 9. The van der Waals surface area contributed by atoms with Crippen LogP contribution in [-0.4, -0.2) is 83.4 Å². The zero-order valence-corrected chi connectivity index (χ0v) is 22.9. The lowest BCUT2D eigenvalue weighted by Gasteiger charge is -2.42. The molecule has 1 fully saturated rings. The summed E-state index contributed by atoms with van der Waals surface area (Å²) in [4.78, 5) is 38.9. The van der Waals surface area contributed by atoms with E-state index in [1.54, 1.807) is 0 Å². The molecule has 13 nitrogen and oxygen atoms in total. The van der Waals surface area contributed by atoms with Gasteiger partial charge in [0.1, 0.15) is 30.8 Å². The van der Waals surface area contributed by atoms with Gasteiger partial charge in [-0.05, 0) is 40.0 Å². The molecule has 1 aliphatic heterocycles. The van der Waals surface area contributed by atoms with Crippen LogP contribution >= 0.6 is 11.8 Å². The van der Waals surface area contributed by atoms with Crippen LogP contribution in [0.15, 0.2) is 53.6 Å². The number of thioether (sulfide) groups is 1. The van der Waals surface area contributed by atoms with Crippen LogP contribution in [0.5, 0.6) is 0 Å². The van der Waals surface area contributed by atoms with E-state index in [2.05, 4.69) is 20.7 Å². The predicted octanol–water partition coefficient (Wildman–Crippen LogP) is 1.77. The van der Waals surface area contributed by atoms with Crippen LogP contribution in [0.3, 0.4) is 0 Å². The molecule has 2 aromatic rings. The van der Waals surface area contributed by atoms with Crippen molar-refractivity contribution in [3.05, 3.63) is 70.1 Å². The zero-order valence-electron chi connectivity index (χ0n) is 22.1. The van der Waals surface area contributed by atoms with Crippen molar-refractivity contribution in [2.45, 2.75) is 48.5 Å². The quantitative estimate of drug-likeness (QED) is 0.107.